The molecule has 4 rings (SSSR count). The summed E-state index contributed by atoms with van der Waals surface area (Å²) in [4.78, 5) is 13.8. The Morgan fingerprint density at radius 2 is 1.80 bits per heavy atom. The van der Waals surface area contributed by atoms with E-state index < -0.39 is 0 Å². The SMILES string of the molecule is Cc1ccc(N2CC(COc3cccc4ccccc34)OC2=O)cc1. The van der Waals surface area contributed by atoms with Gasteiger partial charge in [-0.15, -0.1) is 0 Å². The summed E-state index contributed by atoms with van der Waals surface area (Å²) in [6.45, 7) is 2.85. The van der Waals surface area contributed by atoms with Crippen LogP contribution in [0.2, 0.25) is 0 Å². The van der Waals surface area contributed by atoms with E-state index in [9.17, 15) is 4.79 Å². The van der Waals surface area contributed by atoms with Crippen LogP contribution in [0.3, 0.4) is 0 Å². The molecule has 1 atom stereocenters. The predicted octanol–water partition coefficient (Wildman–Crippen LogP) is 4.55. The molecule has 1 aliphatic heterocycles. The molecule has 0 aromatic heterocycles. The summed E-state index contributed by atoms with van der Waals surface area (Å²) < 4.78 is 11.4. The molecule has 3 aromatic rings. The third kappa shape index (κ3) is 3.15. The lowest BCUT2D eigenvalue weighted by Crippen LogP contribution is -2.26. The molecule has 3 aromatic carbocycles. The molecule has 1 aliphatic rings. The maximum absolute atomic E-state index is 12.1. The lowest BCUT2D eigenvalue weighted by molar-refractivity contribution is 0.105. The van der Waals surface area contributed by atoms with Crippen LogP contribution in [0.5, 0.6) is 5.75 Å². The van der Waals surface area contributed by atoms with Crippen molar-refractivity contribution in [3.8, 4) is 5.75 Å². The summed E-state index contributed by atoms with van der Waals surface area (Å²) in [5.74, 6) is 0.808. The molecule has 0 bridgehead atoms. The number of hydrogen-bond acceptors (Lipinski definition) is 3. The molecular weight excluding hydrogens is 314 g/mol. The number of carbonyl (C=O) groups is 1. The van der Waals surface area contributed by atoms with Gasteiger partial charge >= 0.3 is 6.09 Å². The minimum Gasteiger partial charge on any atom is -0.489 e. The van der Waals surface area contributed by atoms with Crippen molar-refractivity contribution in [1.82, 2.24) is 0 Å². The Hall–Kier alpha value is -3.01. The van der Waals surface area contributed by atoms with E-state index in [0.717, 1.165) is 27.8 Å². The van der Waals surface area contributed by atoms with Crippen LogP contribution in [0.4, 0.5) is 10.5 Å². The summed E-state index contributed by atoms with van der Waals surface area (Å²) in [7, 11) is 0. The molecule has 0 saturated carbocycles. The molecule has 0 aliphatic carbocycles. The van der Waals surface area contributed by atoms with E-state index in [1.165, 1.54) is 0 Å². The Labute approximate surface area is 146 Å². The summed E-state index contributed by atoms with van der Waals surface area (Å²) in [5.41, 5.74) is 2.01. The highest BCUT2D eigenvalue weighted by Gasteiger charge is 2.32. The molecule has 1 fully saturated rings. The van der Waals surface area contributed by atoms with Crippen LogP contribution in [-0.2, 0) is 4.74 Å². The van der Waals surface area contributed by atoms with Crippen molar-refractivity contribution in [3.63, 3.8) is 0 Å². The third-order valence-electron chi connectivity index (χ3n) is 4.39. The second-order valence-electron chi connectivity index (χ2n) is 6.24. The van der Waals surface area contributed by atoms with Crippen molar-refractivity contribution in [2.24, 2.45) is 0 Å². The largest absolute Gasteiger partial charge is 0.489 e. The fourth-order valence-electron chi connectivity index (χ4n) is 3.05. The third-order valence-corrected chi connectivity index (χ3v) is 4.39. The van der Waals surface area contributed by atoms with Gasteiger partial charge in [0.1, 0.15) is 12.4 Å². The Kier molecular flexibility index (Phi) is 4.02. The maximum atomic E-state index is 12.1. The van der Waals surface area contributed by atoms with Gasteiger partial charge in [-0.25, -0.2) is 4.79 Å². The van der Waals surface area contributed by atoms with E-state index in [1.807, 2.05) is 61.5 Å². The summed E-state index contributed by atoms with van der Waals surface area (Å²) in [6, 6.07) is 21.9. The first-order valence-corrected chi connectivity index (χ1v) is 8.36. The van der Waals surface area contributed by atoms with Gasteiger partial charge < -0.3 is 9.47 Å². The Morgan fingerprint density at radius 1 is 1.04 bits per heavy atom. The smallest absolute Gasteiger partial charge is 0.414 e. The highest BCUT2D eigenvalue weighted by atomic mass is 16.6. The van der Waals surface area contributed by atoms with Gasteiger partial charge in [-0.3, -0.25) is 4.90 Å². The molecule has 0 spiro atoms. The van der Waals surface area contributed by atoms with Gasteiger partial charge in [-0.1, -0.05) is 54.1 Å². The number of hydrogen-bond donors (Lipinski definition) is 0. The van der Waals surface area contributed by atoms with E-state index in [-0.39, 0.29) is 12.2 Å². The van der Waals surface area contributed by atoms with Crippen LogP contribution in [-0.4, -0.2) is 25.3 Å². The van der Waals surface area contributed by atoms with Gasteiger partial charge in [0.25, 0.3) is 0 Å². The molecule has 1 saturated heterocycles. The molecule has 4 nitrogen and oxygen atoms in total. The zero-order valence-corrected chi connectivity index (χ0v) is 14.0. The number of benzene rings is 3. The number of cyclic esters (lactones) is 1. The number of fused-ring (bicyclic) bond motifs is 1. The van der Waals surface area contributed by atoms with Gasteiger partial charge in [0, 0.05) is 11.1 Å². The van der Waals surface area contributed by atoms with Crippen molar-refractivity contribution in [3.05, 3.63) is 72.3 Å². The topological polar surface area (TPSA) is 38.8 Å². The molecule has 1 unspecified atom stereocenters. The predicted molar refractivity (Wildman–Crippen MR) is 98.2 cm³/mol. The summed E-state index contributed by atoms with van der Waals surface area (Å²) in [5, 5.41) is 2.19. The number of carbonyl (C=O) groups excluding carboxylic acids is 1. The Balaban J connectivity index is 1.45. The first-order valence-electron chi connectivity index (χ1n) is 8.36. The number of nitrogens with zero attached hydrogens (tertiary/aromatic N) is 1. The van der Waals surface area contributed by atoms with Crippen LogP contribution >= 0.6 is 0 Å². The molecular formula is C21H19NO3. The summed E-state index contributed by atoms with van der Waals surface area (Å²) >= 11 is 0. The monoisotopic (exact) mass is 333 g/mol. The van der Waals surface area contributed by atoms with Crippen LogP contribution in [0.1, 0.15) is 5.56 Å². The first kappa shape index (κ1) is 15.5. The van der Waals surface area contributed by atoms with Crippen molar-refractivity contribution < 1.29 is 14.3 Å². The van der Waals surface area contributed by atoms with Gasteiger partial charge in [-0.2, -0.15) is 0 Å². The van der Waals surface area contributed by atoms with Gasteiger partial charge in [0.15, 0.2) is 6.10 Å². The Bertz CT molecular complexity index is 899. The fraction of sp³-hybridized carbons (Fsp3) is 0.190. The standard InChI is InChI=1S/C21H19NO3/c1-15-9-11-17(12-10-15)22-13-18(25-21(22)23)14-24-20-8-4-6-16-5-2-3-7-19(16)20/h2-12,18H,13-14H2,1H3. The van der Waals surface area contributed by atoms with Crippen LogP contribution in [0, 0.1) is 6.92 Å². The second-order valence-corrected chi connectivity index (χ2v) is 6.24. The molecule has 1 amide bonds. The van der Waals surface area contributed by atoms with Crippen molar-refractivity contribution in [1.29, 1.82) is 0 Å². The number of rotatable bonds is 4. The molecule has 4 heteroatoms. The zero-order chi connectivity index (χ0) is 17.2. The summed E-state index contributed by atoms with van der Waals surface area (Å²) in [6.07, 6.45) is -0.608. The average Bonchev–Trinajstić information content (AvgIpc) is 3.01. The molecule has 0 radical (unpaired) electrons. The average molecular weight is 333 g/mol. The highest BCUT2D eigenvalue weighted by Crippen LogP contribution is 2.27. The van der Waals surface area contributed by atoms with E-state index in [1.54, 1.807) is 4.90 Å². The quantitative estimate of drug-likeness (QED) is 0.703. The zero-order valence-electron chi connectivity index (χ0n) is 14.0. The minimum absolute atomic E-state index is 0.284. The highest BCUT2D eigenvalue weighted by molar-refractivity contribution is 5.90. The van der Waals surface area contributed by atoms with Gasteiger partial charge in [0.05, 0.1) is 6.54 Å². The van der Waals surface area contributed by atoms with E-state index in [0.29, 0.717) is 13.2 Å². The Morgan fingerprint density at radius 3 is 2.64 bits per heavy atom. The van der Waals surface area contributed by atoms with Gasteiger partial charge in [0.2, 0.25) is 0 Å². The number of amides is 1. The second kappa shape index (κ2) is 6.48. The van der Waals surface area contributed by atoms with Crippen molar-refractivity contribution in [2.45, 2.75) is 13.0 Å². The lowest BCUT2D eigenvalue weighted by Gasteiger charge is -2.14. The maximum Gasteiger partial charge on any atom is 0.414 e. The van der Waals surface area contributed by atoms with Crippen molar-refractivity contribution in [2.75, 3.05) is 18.1 Å². The van der Waals surface area contributed by atoms with E-state index in [2.05, 4.69) is 12.1 Å². The molecule has 1 heterocycles. The molecule has 0 N–H and O–H groups in total. The van der Waals surface area contributed by atoms with E-state index in [4.69, 9.17) is 9.47 Å². The first-order chi connectivity index (χ1) is 12.2. The molecule has 126 valence electrons. The van der Waals surface area contributed by atoms with Crippen LogP contribution < -0.4 is 9.64 Å². The van der Waals surface area contributed by atoms with E-state index >= 15 is 0 Å². The number of aryl methyl sites for hydroxylation is 1. The van der Waals surface area contributed by atoms with Gasteiger partial charge in [-0.05, 0) is 30.5 Å². The number of anilines is 1. The van der Waals surface area contributed by atoms with Crippen LogP contribution in [0.25, 0.3) is 10.8 Å². The number of ether oxygens (including phenoxy) is 2. The molecule has 25 heavy (non-hydrogen) atoms. The normalized spacial score (nSPS) is 16.9. The van der Waals surface area contributed by atoms with Crippen molar-refractivity contribution >= 4 is 22.6 Å². The minimum atomic E-state index is -0.324. The fourth-order valence-corrected chi connectivity index (χ4v) is 3.05. The lowest BCUT2D eigenvalue weighted by atomic mass is 10.1. The van der Waals surface area contributed by atoms with Crippen LogP contribution in [0.15, 0.2) is 66.7 Å².